The number of para-hydroxylation sites is 1. The van der Waals surface area contributed by atoms with Crippen LogP contribution in [0.2, 0.25) is 15.1 Å². The van der Waals surface area contributed by atoms with Gasteiger partial charge in [-0.3, -0.25) is 9.59 Å². The predicted molar refractivity (Wildman–Crippen MR) is 137 cm³/mol. The van der Waals surface area contributed by atoms with Crippen molar-refractivity contribution >= 4 is 57.5 Å². The van der Waals surface area contributed by atoms with Crippen LogP contribution >= 0.6 is 34.8 Å². The summed E-state index contributed by atoms with van der Waals surface area (Å²) in [4.78, 5) is 29.2. The normalized spacial score (nSPS) is 11.9. The van der Waals surface area contributed by atoms with Gasteiger partial charge < -0.3 is 15.6 Å². The molecule has 1 unspecified atom stereocenters. The topological polar surface area (TPSA) is 74.0 Å². The monoisotopic (exact) mass is 513 g/mol. The van der Waals surface area contributed by atoms with Gasteiger partial charge in [0, 0.05) is 45.1 Å². The fourth-order valence-electron chi connectivity index (χ4n) is 3.73. The molecule has 2 amide bonds. The molecule has 174 valence electrons. The van der Waals surface area contributed by atoms with Crippen LogP contribution in [-0.4, -0.2) is 22.8 Å². The number of carbonyl (C=O) groups excluding carboxylic acids is 2. The molecule has 4 rings (SSSR count). The van der Waals surface area contributed by atoms with Gasteiger partial charge in [-0.25, -0.2) is 0 Å². The Hall–Kier alpha value is -2.99. The number of hydrogen-bond donors (Lipinski definition) is 3. The highest BCUT2D eigenvalue weighted by Gasteiger charge is 2.23. The van der Waals surface area contributed by atoms with E-state index in [4.69, 9.17) is 34.8 Å². The first-order valence-corrected chi connectivity index (χ1v) is 11.8. The van der Waals surface area contributed by atoms with Crippen molar-refractivity contribution < 1.29 is 9.59 Å². The maximum Gasteiger partial charge on any atom is 0.243 e. The minimum Gasteiger partial charge on any atom is -0.361 e. The molecule has 0 fully saturated rings. The summed E-state index contributed by atoms with van der Waals surface area (Å²) in [5.41, 5.74) is 3.45. The van der Waals surface area contributed by atoms with Crippen LogP contribution < -0.4 is 10.6 Å². The van der Waals surface area contributed by atoms with Crippen molar-refractivity contribution in [3.63, 3.8) is 0 Å². The van der Waals surface area contributed by atoms with Crippen LogP contribution in [0.4, 0.5) is 0 Å². The second kappa shape index (κ2) is 11.0. The summed E-state index contributed by atoms with van der Waals surface area (Å²) in [6.07, 6.45) is 2.23. The fraction of sp³-hybridized carbons (Fsp3) is 0.154. The molecule has 3 N–H and O–H groups in total. The number of H-pyrrole nitrogens is 1. The lowest BCUT2D eigenvalue weighted by molar-refractivity contribution is -0.128. The minimum atomic E-state index is -0.773. The summed E-state index contributed by atoms with van der Waals surface area (Å²) in [6.45, 7) is 0.319. The zero-order chi connectivity index (χ0) is 24.1. The number of rotatable bonds is 8. The number of amides is 2. The Morgan fingerprint density at radius 1 is 0.882 bits per heavy atom. The molecule has 34 heavy (non-hydrogen) atoms. The third kappa shape index (κ3) is 6.11. The second-order valence-electron chi connectivity index (χ2n) is 7.94. The molecule has 5 nitrogen and oxygen atoms in total. The molecule has 1 aromatic heterocycles. The Kier molecular flexibility index (Phi) is 7.78. The molecule has 0 spiro atoms. The summed E-state index contributed by atoms with van der Waals surface area (Å²) in [5.74, 6) is -0.591. The maximum absolute atomic E-state index is 13.1. The van der Waals surface area contributed by atoms with Gasteiger partial charge in [0.05, 0.1) is 6.42 Å². The molecule has 8 heteroatoms. The van der Waals surface area contributed by atoms with Gasteiger partial charge in [-0.2, -0.15) is 0 Å². The van der Waals surface area contributed by atoms with Gasteiger partial charge >= 0.3 is 0 Å². The lowest BCUT2D eigenvalue weighted by atomic mass is 10.0. The average Bonchev–Trinajstić information content (AvgIpc) is 3.23. The molecule has 0 aliphatic carbocycles. The molecule has 0 saturated carbocycles. The predicted octanol–water partition coefficient (Wildman–Crippen LogP) is 5.71. The van der Waals surface area contributed by atoms with Gasteiger partial charge in [-0.1, -0.05) is 71.2 Å². The van der Waals surface area contributed by atoms with Gasteiger partial charge in [-0.05, 0) is 47.0 Å². The number of nitrogens with one attached hydrogen (secondary N) is 3. The number of benzene rings is 3. The van der Waals surface area contributed by atoms with E-state index in [0.717, 1.165) is 22.0 Å². The summed E-state index contributed by atoms with van der Waals surface area (Å²) in [5, 5.41) is 8.33. The fourth-order valence-corrected chi connectivity index (χ4v) is 4.33. The molecule has 3 aromatic carbocycles. The zero-order valence-corrected chi connectivity index (χ0v) is 20.3. The first-order valence-electron chi connectivity index (χ1n) is 10.7. The summed E-state index contributed by atoms with van der Waals surface area (Å²) in [6, 6.07) is 19.3. The van der Waals surface area contributed by atoms with E-state index in [1.165, 1.54) is 0 Å². The number of hydrogen-bond acceptors (Lipinski definition) is 2. The average molecular weight is 515 g/mol. The first kappa shape index (κ1) is 24.1. The highest BCUT2D eigenvalue weighted by atomic mass is 35.5. The highest BCUT2D eigenvalue weighted by Crippen LogP contribution is 2.22. The quantitative estimate of drug-likeness (QED) is 0.282. The van der Waals surface area contributed by atoms with Crippen LogP contribution in [0.1, 0.15) is 16.7 Å². The zero-order valence-electron chi connectivity index (χ0n) is 18.1. The maximum atomic E-state index is 13.1. The largest absolute Gasteiger partial charge is 0.361 e. The Labute approximate surface area is 212 Å². The van der Waals surface area contributed by atoms with Gasteiger partial charge in [-0.15, -0.1) is 0 Å². The molecule has 0 aliphatic heterocycles. The third-order valence-corrected chi connectivity index (χ3v) is 6.34. The summed E-state index contributed by atoms with van der Waals surface area (Å²) in [7, 11) is 0. The van der Waals surface area contributed by atoms with Crippen molar-refractivity contribution in [2.24, 2.45) is 0 Å². The minimum absolute atomic E-state index is 0.0326. The molecular formula is C26H22Cl3N3O2. The van der Waals surface area contributed by atoms with E-state index in [0.29, 0.717) is 33.6 Å². The number of aromatic nitrogens is 1. The summed E-state index contributed by atoms with van der Waals surface area (Å²) < 4.78 is 0. The standard InChI is InChI=1S/C26H22Cl3N3O2/c27-19-8-5-16(6-9-19)14-31-26(34)24(11-18-15-30-23-4-2-1-3-21(18)23)32-25(33)12-17-7-10-20(28)13-22(17)29/h1-10,13,15,24,30H,11-12,14H2,(H,31,34)(H,32,33). The smallest absolute Gasteiger partial charge is 0.243 e. The molecule has 4 aromatic rings. The number of aromatic amines is 1. The van der Waals surface area contributed by atoms with E-state index in [-0.39, 0.29) is 18.2 Å². The number of halogens is 3. The van der Waals surface area contributed by atoms with Crippen LogP contribution in [0.5, 0.6) is 0 Å². The van der Waals surface area contributed by atoms with Gasteiger partial charge in [0.2, 0.25) is 11.8 Å². The molecule has 0 saturated heterocycles. The Bertz CT molecular complexity index is 1320. The summed E-state index contributed by atoms with van der Waals surface area (Å²) >= 11 is 18.1. The Morgan fingerprint density at radius 3 is 2.38 bits per heavy atom. The first-order chi connectivity index (χ1) is 16.4. The SMILES string of the molecule is O=C(Cc1ccc(Cl)cc1Cl)NC(Cc1c[nH]c2ccccc12)C(=O)NCc1ccc(Cl)cc1. The molecule has 1 heterocycles. The van der Waals surface area contributed by atoms with Gasteiger partial charge in [0.25, 0.3) is 0 Å². The van der Waals surface area contributed by atoms with Crippen molar-refractivity contribution in [1.29, 1.82) is 0 Å². The van der Waals surface area contributed by atoms with Gasteiger partial charge in [0.1, 0.15) is 6.04 Å². The number of fused-ring (bicyclic) bond motifs is 1. The van der Waals surface area contributed by atoms with Crippen molar-refractivity contribution in [3.05, 3.63) is 105 Å². The van der Waals surface area contributed by atoms with E-state index >= 15 is 0 Å². The third-order valence-electron chi connectivity index (χ3n) is 5.50. The Morgan fingerprint density at radius 2 is 1.62 bits per heavy atom. The van der Waals surface area contributed by atoms with Crippen LogP contribution in [0.3, 0.4) is 0 Å². The molecule has 1 atom stereocenters. The number of carbonyl (C=O) groups is 2. The van der Waals surface area contributed by atoms with Gasteiger partial charge in [0.15, 0.2) is 0 Å². The van der Waals surface area contributed by atoms with Crippen molar-refractivity contribution in [2.75, 3.05) is 0 Å². The molecular weight excluding hydrogens is 493 g/mol. The Balaban J connectivity index is 1.50. The van der Waals surface area contributed by atoms with E-state index in [1.54, 1.807) is 30.3 Å². The van der Waals surface area contributed by atoms with Crippen LogP contribution in [0, 0.1) is 0 Å². The lowest BCUT2D eigenvalue weighted by Gasteiger charge is -2.19. The second-order valence-corrected chi connectivity index (χ2v) is 9.22. The van der Waals surface area contributed by atoms with E-state index in [2.05, 4.69) is 15.6 Å². The van der Waals surface area contributed by atoms with Crippen molar-refractivity contribution in [1.82, 2.24) is 15.6 Å². The van der Waals surface area contributed by atoms with Crippen LogP contribution in [0.15, 0.2) is 72.9 Å². The van der Waals surface area contributed by atoms with Crippen molar-refractivity contribution in [3.8, 4) is 0 Å². The van der Waals surface area contributed by atoms with Crippen LogP contribution in [-0.2, 0) is 29.0 Å². The van der Waals surface area contributed by atoms with E-state index < -0.39 is 6.04 Å². The molecule has 0 bridgehead atoms. The lowest BCUT2D eigenvalue weighted by Crippen LogP contribution is -2.48. The van der Waals surface area contributed by atoms with E-state index in [1.807, 2.05) is 42.6 Å². The molecule has 0 radical (unpaired) electrons. The van der Waals surface area contributed by atoms with Crippen molar-refractivity contribution in [2.45, 2.75) is 25.4 Å². The highest BCUT2D eigenvalue weighted by molar-refractivity contribution is 6.35. The van der Waals surface area contributed by atoms with E-state index in [9.17, 15) is 9.59 Å². The van der Waals surface area contributed by atoms with Crippen LogP contribution in [0.25, 0.3) is 10.9 Å². The molecule has 0 aliphatic rings.